The molecule has 1 fully saturated rings. The number of hydrogen-bond acceptors (Lipinski definition) is 5. The van der Waals surface area contributed by atoms with E-state index < -0.39 is 0 Å². The minimum absolute atomic E-state index is 0.0898. The van der Waals surface area contributed by atoms with Crippen molar-refractivity contribution in [3.8, 4) is 0 Å². The van der Waals surface area contributed by atoms with Crippen molar-refractivity contribution >= 4 is 23.5 Å². The summed E-state index contributed by atoms with van der Waals surface area (Å²) < 4.78 is 11.6. The maximum absolute atomic E-state index is 9.90. The molecule has 0 saturated carbocycles. The van der Waals surface area contributed by atoms with Crippen LogP contribution < -0.4 is 0 Å². The largest absolute Gasteiger partial charge is 0.393 e. The first-order valence-electron chi connectivity index (χ1n) is 8.74. The molecular weight excluding hydrogens is 340 g/mol. The van der Waals surface area contributed by atoms with E-state index in [4.69, 9.17) is 9.47 Å². The molecular formula is C19H30O3S2. The van der Waals surface area contributed by atoms with Crippen LogP contribution in [0.2, 0.25) is 0 Å². The van der Waals surface area contributed by atoms with Gasteiger partial charge in [-0.1, -0.05) is 30.3 Å². The van der Waals surface area contributed by atoms with Crippen LogP contribution in [0.4, 0.5) is 0 Å². The summed E-state index contributed by atoms with van der Waals surface area (Å²) in [4.78, 5) is 0. The Morgan fingerprint density at radius 2 is 1.88 bits per heavy atom. The molecule has 1 aliphatic rings. The number of thioether (sulfide) groups is 2. The van der Waals surface area contributed by atoms with E-state index >= 15 is 0 Å². The van der Waals surface area contributed by atoms with Crippen LogP contribution in [0.3, 0.4) is 0 Å². The molecule has 0 unspecified atom stereocenters. The molecule has 1 N–H and O–H groups in total. The van der Waals surface area contributed by atoms with Crippen LogP contribution in [0.15, 0.2) is 30.3 Å². The van der Waals surface area contributed by atoms with Crippen molar-refractivity contribution in [2.24, 2.45) is 0 Å². The van der Waals surface area contributed by atoms with Crippen LogP contribution in [0.25, 0.3) is 0 Å². The molecule has 0 amide bonds. The molecule has 0 spiro atoms. The summed E-state index contributed by atoms with van der Waals surface area (Å²) in [5.74, 6) is 2.36. The van der Waals surface area contributed by atoms with Crippen LogP contribution in [0, 0.1) is 0 Å². The first-order valence-corrected chi connectivity index (χ1v) is 10.7. The Hall–Kier alpha value is -0.200. The van der Waals surface area contributed by atoms with Crippen molar-refractivity contribution in [1.29, 1.82) is 0 Å². The maximum atomic E-state index is 9.90. The lowest BCUT2D eigenvalue weighted by Gasteiger charge is -2.39. The van der Waals surface area contributed by atoms with Crippen molar-refractivity contribution in [3.05, 3.63) is 35.9 Å². The summed E-state index contributed by atoms with van der Waals surface area (Å²) in [6.45, 7) is 3.25. The average Bonchev–Trinajstić information content (AvgIpc) is 2.58. The highest BCUT2D eigenvalue weighted by molar-refractivity contribution is 8.18. The molecule has 1 aromatic rings. The zero-order valence-corrected chi connectivity index (χ0v) is 16.4. The van der Waals surface area contributed by atoms with Crippen LogP contribution in [0.5, 0.6) is 0 Å². The number of methoxy groups -OCH3 is 1. The second-order valence-corrected chi connectivity index (χ2v) is 9.62. The molecule has 0 radical (unpaired) electrons. The van der Waals surface area contributed by atoms with E-state index in [0.717, 1.165) is 19.3 Å². The predicted octanol–water partition coefficient (Wildman–Crippen LogP) is 4.34. The summed E-state index contributed by atoms with van der Waals surface area (Å²) >= 11 is 4.00. The van der Waals surface area contributed by atoms with E-state index in [1.807, 2.05) is 48.6 Å². The Balaban J connectivity index is 1.78. The van der Waals surface area contributed by atoms with Crippen LogP contribution in [-0.4, -0.2) is 46.6 Å². The Morgan fingerprint density at radius 3 is 2.50 bits per heavy atom. The Labute approximate surface area is 154 Å². The van der Waals surface area contributed by atoms with E-state index in [0.29, 0.717) is 13.2 Å². The van der Waals surface area contributed by atoms with Gasteiger partial charge in [-0.05, 0) is 49.7 Å². The number of aliphatic hydroxyl groups is 1. The Morgan fingerprint density at radius 1 is 1.17 bits per heavy atom. The van der Waals surface area contributed by atoms with Gasteiger partial charge in [-0.2, -0.15) is 0 Å². The van der Waals surface area contributed by atoms with E-state index in [1.165, 1.54) is 23.5 Å². The number of ether oxygens (including phenoxy) is 2. The van der Waals surface area contributed by atoms with Crippen LogP contribution in [0.1, 0.15) is 38.2 Å². The van der Waals surface area contributed by atoms with Gasteiger partial charge in [-0.15, -0.1) is 23.5 Å². The molecule has 1 aromatic carbocycles. The lowest BCUT2D eigenvalue weighted by Crippen LogP contribution is -2.34. The number of aliphatic hydroxyl groups excluding tert-OH is 1. The topological polar surface area (TPSA) is 38.7 Å². The quantitative estimate of drug-likeness (QED) is 0.621. The van der Waals surface area contributed by atoms with Crippen molar-refractivity contribution in [2.75, 3.05) is 25.2 Å². The highest BCUT2D eigenvalue weighted by Gasteiger charge is 2.37. The summed E-state index contributed by atoms with van der Waals surface area (Å²) in [6.07, 6.45) is 3.86. The summed E-state index contributed by atoms with van der Waals surface area (Å²) in [6, 6.07) is 10.3. The smallest absolute Gasteiger partial charge is 0.0716 e. The van der Waals surface area contributed by atoms with Crippen LogP contribution >= 0.6 is 23.5 Å². The average molecular weight is 371 g/mol. The monoisotopic (exact) mass is 370 g/mol. The standard InChI is InChI=1S/C19H30O3S2/c1-16(20)13-19(23-11-6-12-24-19)14-18(21-2)9-10-22-15-17-7-4-3-5-8-17/h3-5,7-8,16,18,20H,6,9-15H2,1-2H3/t16-,18-/m0/s1. The van der Waals surface area contributed by atoms with E-state index in [9.17, 15) is 5.11 Å². The molecule has 0 aromatic heterocycles. The van der Waals surface area contributed by atoms with E-state index in [-0.39, 0.29) is 16.3 Å². The van der Waals surface area contributed by atoms with Crippen molar-refractivity contribution in [2.45, 2.75) is 55.5 Å². The van der Waals surface area contributed by atoms with Crippen molar-refractivity contribution < 1.29 is 14.6 Å². The van der Waals surface area contributed by atoms with Crippen molar-refractivity contribution in [3.63, 3.8) is 0 Å². The molecule has 1 aliphatic heterocycles. The second kappa shape index (κ2) is 10.7. The van der Waals surface area contributed by atoms with Gasteiger partial charge in [0.15, 0.2) is 0 Å². The lowest BCUT2D eigenvalue weighted by atomic mass is 10.1. The Bertz CT molecular complexity index is 447. The van der Waals surface area contributed by atoms with Gasteiger partial charge in [0.05, 0.1) is 22.9 Å². The number of rotatable bonds is 10. The summed E-state index contributed by atoms with van der Waals surface area (Å²) in [5, 5.41) is 9.90. The molecule has 0 aliphatic carbocycles. The molecule has 2 rings (SSSR count). The zero-order valence-electron chi connectivity index (χ0n) is 14.8. The lowest BCUT2D eigenvalue weighted by molar-refractivity contribution is 0.0385. The minimum Gasteiger partial charge on any atom is -0.393 e. The summed E-state index contributed by atoms with van der Waals surface area (Å²) in [5.41, 5.74) is 1.20. The van der Waals surface area contributed by atoms with Gasteiger partial charge in [-0.3, -0.25) is 0 Å². The van der Waals surface area contributed by atoms with Gasteiger partial charge in [0.1, 0.15) is 0 Å². The normalized spacial score (nSPS) is 19.8. The number of benzene rings is 1. The molecule has 0 bridgehead atoms. The Kier molecular flexibility index (Phi) is 8.98. The van der Waals surface area contributed by atoms with Gasteiger partial charge < -0.3 is 14.6 Å². The molecule has 3 nitrogen and oxygen atoms in total. The first-order chi connectivity index (χ1) is 11.6. The van der Waals surface area contributed by atoms with Gasteiger partial charge in [0.2, 0.25) is 0 Å². The molecule has 1 heterocycles. The van der Waals surface area contributed by atoms with E-state index in [2.05, 4.69) is 12.1 Å². The fourth-order valence-electron chi connectivity index (χ4n) is 3.02. The maximum Gasteiger partial charge on any atom is 0.0716 e. The summed E-state index contributed by atoms with van der Waals surface area (Å²) in [7, 11) is 1.79. The highest BCUT2D eigenvalue weighted by atomic mass is 32.2. The van der Waals surface area contributed by atoms with Gasteiger partial charge in [0.25, 0.3) is 0 Å². The minimum atomic E-state index is -0.269. The van der Waals surface area contributed by atoms with Gasteiger partial charge in [-0.25, -0.2) is 0 Å². The molecule has 5 heteroatoms. The molecule has 24 heavy (non-hydrogen) atoms. The van der Waals surface area contributed by atoms with E-state index in [1.54, 1.807) is 7.11 Å². The third-order valence-electron chi connectivity index (χ3n) is 4.19. The molecule has 1 saturated heterocycles. The fourth-order valence-corrected chi connectivity index (χ4v) is 6.68. The van der Waals surface area contributed by atoms with Crippen LogP contribution in [-0.2, 0) is 16.1 Å². The second-order valence-electron chi connectivity index (χ2n) is 6.40. The number of hydrogen-bond donors (Lipinski definition) is 1. The third kappa shape index (κ3) is 6.96. The molecule has 2 atom stereocenters. The predicted molar refractivity (Wildman–Crippen MR) is 105 cm³/mol. The highest BCUT2D eigenvalue weighted by Crippen LogP contribution is 2.49. The fraction of sp³-hybridized carbons (Fsp3) is 0.684. The molecule has 136 valence electrons. The van der Waals surface area contributed by atoms with Gasteiger partial charge >= 0.3 is 0 Å². The SMILES string of the molecule is CO[C@@H](CCOCc1ccccc1)CC1(C[C@H](C)O)SCCCS1. The van der Waals surface area contributed by atoms with Gasteiger partial charge in [0, 0.05) is 13.7 Å². The zero-order chi connectivity index (χ0) is 17.3. The van der Waals surface area contributed by atoms with Crippen molar-refractivity contribution in [1.82, 2.24) is 0 Å². The first kappa shape index (κ1) is 20.1. The third-order valence-corrected chi connectivity index (χ3v) is 7.60.